The summed E-state index contributed by atoms with van der Waals surface area (Å²) in [6, 6.07) is 8.93. The molecule has 4 nitrogen and oxygen atoms in total. The average molecular weight is 287 g/mol. The summed E-state index contributed by atoms with van der Waals surface area (Å²) < 4.78 is 0. The monoisotopic (exact) mass is 287 g/mol. The van der Waals surface area contributed by atoms with Crippen LogP contribution in [0.4, 0.5) is 5.69 Å². The molecule has 1 aromatic carbocycles. The van der Waals surface area contributed by atoms with Crippen LogP contribution in [-0.2, 0) is 4.79 Å². The molecule has 0 saturated carbocycles. The van der Waals surface area contributed by atoms with Crippen molar-refractivity contribution in [2.24, 2.45) is 0 Å². The minimum absolute atomic E-state index is 0.00995. The van der Waals surface area contributed by atoms with Crippen molar-refractivity contribution in [1.82, 2.24) is 10.6 Å². The summed E-state index contributed by atoms with van der Waals surface area (Å²) in [5, 5.41) is 6.49. The fourth-order valence-corrected chi connectivity index (χ4v) is 3.63. The van der Waals surface area contributed by atoms with Crippen LogP contribution in [0.5, 0.6) is 0 Å². The molecule has 21 heavy (non-hydrogen) atoms. The number of amides is 1. The third-order valence-corrected chi connectivity index (χ3v) is 4.74. The lowest BCUT2D eigenvalue weighted by Crippen LogP contribution is -2.46. The first-order valence-corrected chi connectivity index (χ1v) is 8.12. The molecule has 2 heterocycles. The highest BCUT2D eigenvalue weighted by molar-refractivity contribution is 5.86. The molecule has 1 aromatic rings. The number of anilines is 1. The van der Waals surface area contributed by atoms with E-state index < -0.39 is 0 Å². The number of rotatable bonds is 2. The van der Waals surface area contributed by atoms with Crippen LogP contribution in [0.3, 0.4) is 0 Å². The Bertz CT molecular complexity index is 503. The van der Waals surface area contributed by atoms with E-state index in [1.54, 1.807) is 0 Å². The quantitative estimate of drug-likeness (QED) is 0.876. The second-order valence-corrected chi connectivity index (χ2v) is 6.04. The van der Waals surface area contributed by atoms with Gasteiger partial charge >= 0.3 is 0 Å². The molecule has 2 unspecified atom stereocenters. The zero-order valence-electron chi connectivity index (χ0n) is 12.8. The van der Waals surface area contributed by atoms with E-state index in [4.69, 9.17) is 0 Å². The van der Waals surface area contributed by atoms with Gasteiger partial charge in [-0.2, -0.15) is 0 Å². The first-order chi connectivity index (χ1) is 10.3. The summed E-state index contributed by atoms with van der Waals surface area (Å²) in [5.74, 6) is 0.199. The van der Waals surface area contributed by atoms with Gasteiger partial charge in [0, 0.05) is 24.8 Å². The van der Waals surface area contributed by atoms with Crippen LogP contribution in [-0.4, -0.2) is 32.1 Å². The van der Waals surface area contributed by atoms with E-state index >= 15 is 0 Å². The maximum Gasteiger partial charge on any atom is 0.242 e. The number of hydrogen-bond acceptors (Lipinski definition) is 3. The van der Waals surface area contributed by atoms with Gasteiger partial charge in [0.25, 0.3) is 0 Å². The predicted molar refractivity (Wildman–Crippen MR) is 85.5 cm³/mol. The molecule has 0 bridgehead atoms. The van der Waals surface area contributed by atoms with Gasteiger partial charge in [-0.25, -0.2) is 0 Å². The number of fused-ring (bicyclic) bond motifs is 1. The standard InChI is InChI=1S/C17H25N3O/c1-18-14-8-6-12-20(15-9-3-2-7-13(14)15)16-10-4-5-11-19-17(16)21/h2-3,7,9,14,16,18H,4-6,8,10-12H2,1H3,(H,19,21). The van der Waals surface area contributed by atoms with E-state index in [1.165, 1.54) is 11.3 Å². The second-order valence-electron chi connectivity index (χ2n) is 6.04. The maximum atomic E-state index is 12.4. The molecule has 1 fully saturated rings. The second kappa shape index (κ2) is 6.48. The molecular weight excluding hydrogens is 262 g/mol. The topological polar surface area (TPSA) is 44.4 Å². The van der Waals surface area contributed by atoms with Crippen molar-refractivity contribution < 1.29 is 4.79 Å². The number of carbonyl (C=O) groups excluding carboxylic acids is 1. The molecule has 0 aromatic heterocycles. The number of carbonyl (C=O) groups is 1. The number of nitrogens with zero attached hydrogens (tertiary/aromatic N) is 1. The third kappa shape index (κ3) is 2.91. The first kappa shape index (κ1) is 14.4. The summed E-state index contributed by atoms with van der Waals surface area (Å²) in [5.41, 5.74) is 2.56. The average Bonchev–Trinajstić information content (AvgIpc) is 2.83. The molecule has 2 atom stereocenters. The Hall–Kier alpha value is -1.55. The SMILES string of the molecule is CNC1CCCN(C2CCCCNC2=O)c2ccccc21. The van der Waals surface area contributed by atoms with E-state index in [1.807, 2.05) is 7.05 Å². The summed E-state index contributed by atoms with van der Waals surface area (Å²) in [6.07, 6.45) is 5.42. The van der Waals surface area contributed by atoms with Crippen LogP contribution < -0.4 is 15.5 Å². The molecular formula is C17H25N3O. The van der Waals surface area contributed by atoms with E-state index in [0.717, 1.165) is 45.2 Å². The zero-order valence-corrected chi connectivity index (χ0v) is 12.8. The summed E-state index contributed by atoms with van der Waals surface area (Å²) in [4.78, 5) is 14.8. The van der Waals surface area contributed by atoms with Gasteiger partial charge in [-0.05, 0) is 50.8 Å². The molecule has 2 aliphatic rings. The van der Waals surface area contributed by atoms with Crippen molar-refractivity contribution in [3.05, 3.63) is 29.8 Å². The van der Waals surface area contributed by atoms with Crippen molar-refractivity contribution in [1.29, 1.82) is 0 Å². The highest BCUT2D eigenvalue weighted by atomic mass is 16.2. The van der Waals surface area contributed by atoms with Gasteiger partial charge in [-0.3, -0.25) is 4.79 Å². The molecule has 0 spiro atoms. The number of hydrogen-bond donors (Lipinski definition) is 2. The van der Waals surface area contributed by atoms with Gasteiger partial charge in [0.15, 0.2) is 0 Å². The van der Waals surface area contributed by atoms with E-state index in [0.29, 0.717) is 6.04 Å². The van der Waals surface area contributed by atoms with Crippen LogP contribution in [0.25, 0.3) is 0 Å². The number of benzene rings is 1. The Kier molecular flexibility index (Phi) is 4.44. The van der Waals surface area contributed by atoms with Crippen LogP contribution in [0, 0.1) is 0 Å². The third-order valence-electron chi connectivity index (χ3n) is 4.74. The van der Waals surface area contributed by atoms with Crippen LogP contribution >= 0.6 is 0 Å². The first-order valence-electron chi connectivity index (χ1n) is 8.12. The highest BCUT2D eigenvalue weighted by Gasteiger charge is 2.31. The Balaban J connectivity index is 1.95. The van der Waals surface area contributed by atoms with Crippen molar-refractivity contribution in [2.75, 3.05) is 25.0 Å². The molecule has 2 aliphatic heterocycles. The van der Waals surface area contributed by atoms with Crippen molar-refractivity contribution in [2.45, 2.75) is 44.2 Å². The van der Waals surface area contributed by atoms with Gasteiger partial charge in [-0.1, -0.05) is 18.2 Å². The van der Waals surface area contributed by atoms with Crippen molar-refractivity contribution in [3.8, 4) is 0 Å². The van der Waals surface area contributed by atoms with Crippen molar-refractivity contribution in [3.63, 3.8) is 0 Å². The Morgan fingerprint density at radius 2 is 2.05 bits per heavy atom. The molecule has 0 aliphatic carbocycles. The molecule has 2 N–H and O–H groups in total. The minimum atomic E-state index is -0.00995. The van der Waals surface area contributed by atoms with E-state index in [2.05, 4.69) is 39.8 Å². The van der Waals surface area contributed by atoms with Gasteiger partial charge < -0.3 is 15.5 Å². The Labute approximate surface area is 126 Å². The maximum absolute atomic E-state index is 12.4. The summed E-state index contributed by atoms with van der Waals surface area (Å²) >= 11 is 0. The Morgan fingerprint density at radius 1 is 1.19 bits per heavy atom. The number of nitrogens with one attached hydrogen (secondary N) is 2. The largest absolute Gasteiger partial charge is 0.359 e. The lowest BCUT2D eigenvalue weighted by Gasteiger charge is -2.32. The van der Waals surface area contributed by atoms with Crippen LogP contribution in [0.2, 0.25) is 0 Å². The van der Waals surface area contributed by atoms with Crippen LogP contribution in [0.1, 0.15) is 43.7 Å². The van der Waals surface area contributed by atoms with Gasteiger partial charge in [-0.15, -0.1) is 0 Å². The van der Waals surface area contributed by atoms with Gasteiger partial charge in [0.2, 0.25) is 5.91 Å². The molecule has 1 saturated heterocycles. The fourth-order valence-electron chi connectivity index (χ4n) is 3.63. The van der Waals surface area contributed by atoms with Gasteiger partial charge in [0.1, 0.15) is 6.04 Å². The molecule has 1 amide bonds. The number of para-hydroxylation sites is 1. The van der Waals surface area contributed by atoms with E-state index in [9.17, 15) is 4.79 Å². The smallest absolute Gasteiger partial charge is 0.242 e. The minimum Gasteiger partial charge on any atom is -0.359 e. The lowest BCUT2D eigenvalue weighted by atomic mass is 10.0. The fraction of sp³-hybridized carbons (Fsp3) is 0.588. The van der Waals surface area contributed by atoms with Gasteiger partial charge in [0.05, 0.1) is 0 Å². The molecule has 4 heteroatoms. The van der Waals surface area contributed by atoms with Crippen molar-refractivity contribution >= 4 is 11.6 Å². The zero-order chi connectivity index (χ0) is 14.7. The van der Waals surface area contributed by atoms with Crippen LogP contribution in [0.15, 0.2) is 24.3 Å². The summed E-state index contributed by atoms with van der Waals surface area (Å²) in [7, 11) is 2.02. The predicted octanol–water partition coefficient (Wildman–Crippen LogP) is 2.22. The van der Waals surface area contributed by atoms with E-state index in [-0.39, 0.29) is 11.9 Å². The molecule has 3 rings (SSSR count). The molecule has 114 valence electrons. The normalized spacial score (nSPS) is 26.5. The molecule has 0 radical (unpaired) electrons. The highest BCUT2D eigenvalue weighted by Crippen LogP contribution is 2.34. The summed E-state index contributed by atoms with van der Waals surface area (Å²) in [6.45, 7) is 1.79. The Morgan fingerprint density at radius 3 is 2.90 bits per heavy atom. The lowest BCUT2D eigenvalue weighted by molar-refractivity contribution is -0.122.